The van der Waals surface area contributed by atoms with Gasteiger partial charge in [-0.3, -0.25) is 10.1 Å². The number of amides is 1. The minimum absolute atomic E-state index is 0.0755. The van der Waals surface area contributed by atoms with Crippen LogP contribution in [0.3, 0.4) is 0 Å². The maximum Gasteiger partial charge on any atom is 0.257 e. The molecule has 6 heteroatoms. The Morgan fingerprint density at radius 2 is 2.07 bits per heavy atom. The van der Waals surface area contributed by atoms with Crippen molar-refractivity contribution in [3.63, 3.8) is 0 Å². The highest BCUT2D eigenvalue weighted by Crippen LogP contribution is 2.13. The predicted octanol–water partition coefficient (Wildman–Crippen LogP) is 3.77. The summed E-state index contributed by atoms with van der Waals surface area (Å²) in [5.41, 5.74) is 2.40. The molecule has 1 fully saturated rings. The van der Waals surface area contributed by atoms with E-state index in [1.165, 1.54) is 29.8 Å². The van der Waals surface area contributed by atoms with Gasteiger partial charge in [-0.2, -0.15) is 0 Å². The Labute approximate surface area is 158 Å². The summed E-state index contributed by atoms with van der Waals surface area (Å²) < 4.78 is 18.7. The molecule has 1 atom stereocenters. The highest BCUT2D eigenvalue weighted by atomic mass is 19.1. The number of carbonyl (C=O) groups excluding carboxylic acids is 1. The largest absolute Gasteiger partial charge is 0.376 e. The number of benzene rings is 2. The van der Waals surface area contributed by atoms with E-state index in [2.05, 4.69) is 22.5 Å². The number of ether oxygens (including phenoxy) is 1. The Morgan fingerprint density at radius 1 is 1.26 bits per heavy atom. The van der Waals surface area contributed by atoms with E-state index >= 15 is 0 Å². The molecule has 0 radical (unpaired) electrons. The van der Waals surface area contributed by atoms with Crippen molar-refractivity contribution < 1.29 is 13.9 Å². The lowest BCUT2D eigenvalue weighted by molar-refractivity contribution is 0.0975. The molecular weight excluding hydrogens is 345 g/mol. The molecule has 0 bridgehead atoms. The van der Waals surface area contributed by atoms with Crippen molar-refractivity contribution in [3.05, 3.63) is 65.5 Å². The first-order valence-electron chi connectivity index (χ1n) is 9.23. The zero-order valence-corrected chi connectivity index (χ0v) is 15.4. The molecule has 1 saturated heterocycles. The third kappa shape index (κ3) is 5.62. The summed E-state index contributed by atoms with van der Waals surface area (Å²) in [6.45, 7) is 3.31. The Hall–Kier alpha value is -2.73. The van der Waals surface area contributed by atoms with Gasteiger partial charge in [-0.1, -0.05) is 19.1 Å². The maximum atomic E-state index is 13.1. The van der Waals surface area contributed by atoms with Crippen LogP contribution in [0.15, 0.2) is 53.5 Å². The number of nitrogens with zero attached hydrogens (tertiary/aromatic N) is 1. The smallest absolute Gasteiger partial charge is 0.257 e. The van der Waals surface area contributed by atoms with E-state index in [1.54, 1.807) is 0 Å². The molecule has 0 aromatic heterocycles. The summed E-state index contributed by atoms with van der Waals surface area (Å²) >= 11 is 0. The number of hydrogen-bond donors (Lipinski definition) is 2. The van der Waals surface area contributed by atoms with Gasteiger partial charge in [0.15, 0.2) is 0 Å². The summed E-state index contributed by atoms with van der Waals surface area (Å²) in [5, 5.41) is 5.96. The minimum atomic E-state index is -0.381. The van der Waals surface area contributed by atoms with Gasteiger partial charge in [-0.05, 0) is 61.2 Å². The van der Waals surface area contributed by atoms with E-state index in [0.29, 0.717) is 18.1 Å². The van der Waals surface area contributed by atoms with Crippen LogP contribution in [0.5, 0.6) is 0 Å². The number of carbonyl (C=O) groups is 1. The van der Waals surface area contributed by atoms with Crippen molar-refractivity contribution in [3.8, 4) is 0 Å². The van der Waals surface area contributed by atoms with Gasteiger partial charge in [-0.15, -0.1) is 0 Å². The van der Waals surface area contributed by atoms with Crippen molar-refractivity contribution in [1.29, 1.82) is 0 Å². The van der Waals surface area contributed by atoms with Crippen LogP contribution in [-0.2, 0) is 11.2 Å². The third-order valence-corrected chi connectivity index (χ3v) is 4.41. The molecule has 1 aliphatic heterocycles. The van der Waals surface area contributed by atoms with E-state index in [1.807, 2.05) is 24.3 Å². The molecule has 142 valence electrons. The van der Waals surface area contributed by atoms with Crippen LogP contribution in [0.4, 0.5) is 10.1 Å². The van der Waals surface area contributed by atoms with Crippen LogP contribution in [0.1, 0.15) is 35.7 Å². The SMILES string of the molecule is CCc1cccc(NC(=NC[C@H]2CCCO2)NC(=O)c2ccc(F)cc2)c1. The van der Waals surface area contributed by atoms with Gasteiger partial charge in [0.2, 0.25) is 5.96 Å². The predicted molar refractivity (Wildman–Crippen MR) is 105 cm³/mol. The van der Waals surface area contributed by atoms with Crippen LogP contribution in [0.2, 0.25) is 0 Å². The molecule has 0 saturated carbocycles. The van der Waals surface area contributed by atoms with Gasteiger partial charge in [0.05, 0.1) is 12.6 Å². The molecule has 0 spiro atoms. The average Bonchev–Trinajstić information content (AvgIpc) is 3.20. The van der Waals surface area contributed by atoms with Crippen LogP contribution in [0.25, 0.3) is 0 Å². The molecule has 5 nitrogen and oxygen atoms in total. The van der Waals surface area contributed by atoms with Gasteiger partial charge in [-0.25, -0.2) is 9.38 Å². The van der Waals surface area contributed by atoms with Gasteiger partial charge in [0.25, 0.3) is 5.91 Å². The summed E-state index contributed by atoms with van der Waals surface area (Å²) in [4.78, 5) is 17.0. The first-order chi connectivity index (χ1) is 13.1. The number of guanidine groups is 1. The van der Waals surface area contributed by atoms with Crippen molar-refractivity contribution in [1.82, 2.24) is 5.32 Å². The Bertz CT molecular complexity index is 799. The van der Waals surface area contributed by atoms with Gasteiger partial charge >= 0.3 is 0 Å². The quantitative estimate of drug-likeness (QED) is 0.623. The lowest BCUT2D eigenvalue weighted by Crippen LogP contribution is -2.36. The molecule has 3 rings (SSSR count). The number of hydrogen-bond acceptors (Lipinski definition) is 3. The minimum Gasteiger partial charge on any atom is -0.376 e. The fourth-order valence-electron chi connectivity index (χ4n) is 2.88. The van der Waals surface area contributed by atoms with E-state index in [4.69, 9.17) is 4.74 Å². The normalized spacial score (nSPS) is 17.0. The van der Waals surface area contributed by atoms with E-state index in [9.17, 15) is 9.18 Å². The summed E-state index contributed by atoms with van der Waals surface area (Å²) in [5.74, 6) is -0.373. The first-order valence-corrected chi connectivity index (χ1v) is 9.23. The second-order valence-corrected chi connectivity index (χ2v) is 6.46. The van der Waals surface area contributed by atoms with Crippen molar-refractivity contribution in [2.45, 2.75) is 32.3 Å². The van der Waals surface area contributed by atoms with Crippen LogP contribution >= 0.6 is 0 Å². The molecule has 27 heavy (non-hydrogen) atoms. The highest BCUT2D eigenvalue weighted by molar-refractivity contribution is 6.09. The van der Waals surface area contributed by atoms with Gasteiger partial charge in [0.1, 0.15) is 5.82 Å². The molecule has 1 amide bonds. The number of anilines is 1. The Morgan fingerprint density at radius 3 is 2.78 bits per heavy atom. The first kappa shape index (κ1) is 19.0. The van der Waals surface area contributed by atoms with Crippen molar-refractivity contribution in [2.24, 2.45) is 4.99 Å². The second-order valence-electron chi connectivity index (χ2n) is 6.46. The lowest BCUT2D eigenvalue weighted by atomic mass is 10.1. The second kappa shape index (κ2) is 9.28. The molecule has 1 heterocycles. The molecule has 2 aromatic carbocycles. The molecular formula is C21H24FN3O2. The van der Waals surface area contributed by atoms with Gasteiger partial charge in [0, 0.05) is 17.9 Å². The third-order valence-electron chi connectivity index (χ3n) is 4.41. The zero-order valence-electron chi connectivity index (χ0n) is 15.4. The number of rotatable bonds is 5. The van der Waals surface area contributed by atoms with Crippen LogP contribution < -0.4 is 10.6 Å². The summed E-state index contributed by atoms with van der Waals surface area (Å²) in [6, 6.07) is 13.4. The summed E-state index contributed by atoms with van der Waals surface area (Å²) in [7, 11) is 0. The fourth-order valence-corrected chi connectivity index (χ4v) is 2.88. The van der Waals surface area contributed by atoms with Crippen LogP contribution in [-0.4, -0.2) is 31.1 Å². The standard InChI is InChI=1S/C21H24FN3O2/c1-2-15-5-3-6-18(13-15)24-21(23-14-19-7-4-12-27-19)25-20(26)16-8-10-17(22)11-9-16/h3,5-6,8-11,13,19H,2,4,7,12,14H2,1H3,(H2,23,24,25,26)/t19-/m1/s1. The monoisotopic (exact) mass is 369 g/mol. The topological polar surface area (TPSA) is 62.7 Å². The van der Waals surface area contributed by atoms with E-state index in [0.717, 1.165) is 31.6 Å². The Balaban J connectivity index is 1.74. The molecule has 0 aliphatic carbocycles. The Kier molecular flexibility index (Phi) is 6.54. The average molecular weight is 369 g/mol. The maximum absolute atomic E-state index is 13.1. The molecule has 1 aliphatic rings. The van der Waals surface area contributed by atoms with E-state index in [-0.39, 0.29) is 17.8 Å². The molecule has 0 unspecified atom stereocenters. The number of nitrogens with one attached hydrogen (secondary N) is 2. The number of aryl methyl sites for hydroxylation is 1. The lowest BCUT2D eigenvalue weighted by Gasteiger charge is -2.14. The summed E-state index contributed by atoms with van der Waals surface area (Å²) in [6.07, 6.45) is 2.99. The number of aliphatic imine (C=N–C) groups is 1. The zero-order chi connectivity index (χ0) is 19.1. The van der Waals surface area contributed by atoms with Crippen LogP contribution in [0, 0.1) is 5.82 Å². The van der Waals surface area contributed by atoms with E-state index < -0.39 is 0 Å². The van der Waals surface area contributed by atoms with Gasteiger partial charge < -0.3 is 10.1 Å². The van der Waals surface area contributed by atoms with Crippen molar-refractivity contribution in [2.75, 3.05) is 18.5 Å². The number of halogens is 1. The molecule has 2 aromatic rings. The highest BCUT2D eigenvalue weighted by Gasteiger charge is 2.16. The fraction of sp³-hybridized carbons (Fsp3) is 0.333. The van der Waals surface area contributed by atoms with Crippen molar-refractivity contribution >= 4 is 17.6 Å². The molecule has 2 N–H and O–H groups in total.